The first-order valence-corrected chi connectivity index (χ1v) is 25.2. The summed E-state index contributed by atoms with van der Waals surface area (Å²) >= 11 is 0. The Bertz CT molecular complexity index is 1470. The Morgan fingerprint density at radius 2 is 1.07 bits per heavy atom. The summed E-state index contributed by atoms with van der Waals surface area (Å²) in [6.45, 7) is 24.7. The Hall–Kier alpha value is -0.930. The molecule has 0 saturated heterocycles. The van der Waals surface area contributed by atoms with Gasteiger partial charge < -0.3 is 10.2 Å². The molecule has 324 valence electrons. The van der Waals surface area contributed by atoms with Crippen LogP contribution in [-0.2, 0) is 4.79 Å². The quantitative estimate of drug-likeness (QED) is 0.217. The van der Waals surface area contributed by atoms with Crippen molar-refractivity contribution < 1.29 is 15.0 Å². The molecular weight excluding hydrogens is 697 g/mol. The van der Waals surface area contributed by atoms with Crippen molar-refractivity contribution in [3.8, 4) is 0 Å². The zero-order valence-electron chi connectivity index (χ0n) is 38.9. The molecule has 8 rings (SSSR count). The highest BCUT2D eigenvalue weighted by Crippen LogP contribution is 2.69. The van der Waals surface area contributed by atoms with Crippen LogP contribution < -0.4 is 0 Å². The van der Waals surface area contributed by atoms with Crippen molar-refractivity contribution in [2.75, 3.05) is 0 Å². The van der Waals surface area contributed by atoms with Crippen LogP contribution in [0.2, 0.25) is 0 Å². The number of rotatable bonds is 10. The van der Waals surface area contributed by atoms with E-state index in [0.717, 1.165) is 85.4 Å². The van der Waals surface area contributed by atoms with Crippen LogP contribution in [0.1, 0.15) is 204 Å². The summed E-state index contributed by atoms with van der Waals surface area (Å²) in [4.78, 5) is 13.4. The van der Waals surface area contributed by atoms with Crippen LogP contribution in [0.15, 0.2) is 23.3 Å². The van der Waals surface area contributed by atoms with Gasteiger partial charge in [0, 0.05) is 5.92 Å². The second kappa shape index (κ2) is 17.1. The number of carbonyl (C=O) groups is 1. The summed E-state index contributed by atoms with van der Waals surface area (Å²) in [5, 5.41) is 20.4. The summed E-state index contributed by atoms with van der Waals surface area (Å²) in [6, 6.07) is 0. The van der Waals surface area contributed by atoms with Gasteiger partial charge in [0.2, 0.25) is 0 Å². The number of allylic oxidation sites excluding steroid dienone is 2. The molecule has 0 aromatic carbocycles. The van der Waals surface area contributed by atoms with Crippen LogP contribution in [0, 0.1) is 92.7 Å². The molecule has 3 heteroatoms. The van der Waals surface area contributed by atoms with E-state index in [1.807, 2.05) is 6.08 Å². The smallest absolute Gasteiger partial charge is 0.159 e. The van der Waals surface area contributed by atoms with Crippen LogP contribution in [-0.4, -0.2) is 28.2 Å². The van der Waals surface area contributed by atoms with Gasteiger partial charge in [0.1, 0.15) is 0 Å². The van der Waals surface area contributed by atoms with E-state index in [2.05, 4.69) is 75.3 Å². The van der Waals surface area contributed by atoms with E-state index in [1.54, 1.807) is 5.57 Å². The van der Waals surface area contributed by atoms with E-state index < -0.39 is 0 Å². The number of aliphatic hydroxyl groups excluding tert-OH is 2. The van der Waals surface area contributed by atoms with Crippen molar-refractivity contribution in [1.29, 1.82) is 0 Å². The van der Waals surface area contributed by atoms with E-state index >= 15 is 0 Å². The van der Waals surface area contributed by atoms with Gasteiger partial charge in [0.05, 0.1) is 12.2 Å². The Kier molecular flexibility index (Phi) is 13.2. The minimum absolute atomic E-state index is 0.0766. The van der Waals surface area contributed by atoms with Crippen molar-refractivity contribution in [3.63, 3.8) is 0 Å². The lowest BCUT2D eigenvalue weighted by Crippen LogP contribution is -2.53. The lowest BCUT2D eigenvalue weighted by atomic mass is 9.46. The van der Waals surface area contributed by atoms with Crippen LogP contribution in [0.5, 0.6) is 0 Å². The fourth-order valence-corrected chi connectivity index (χ4v) is 17.1. The molecule has 8 aliphatic rings. The first kappa shape index (κ1) is 44.1. The van der Waals surface area contributed by atoms with Gasteiger partial charge >= 0.3 is 0 Å². The third kappa shape index (κ3) is 8.14. The Labute approximate surface area is 351 Å². The molecule has 57 heavy (non-hydrogen) atoms. The molecule has 16 atom stereocenters. The van der Waals surface area contributed by atoms with Crippen molar-refractivity contribution in [3.05, 3.63) is 23.3 Å². The van der Waals surface area contributed by atoms with Gasteiger partial charge in [-0.15, -0.1) is 0 Å². The molecule has 3 nitrogen and oxygen atoms in total. The standard InChI is InChI=1S/C27H44O2.C27H46O/c1-17(2)7-6-8-18(3)21-9-10-22-25-23(12-14-27(21,22)5)26(4)13-11-20(28)15-19(26)16-24(25)29;1-18(2)7-6-8-19(3)23-11-12-24-22-10-9-20-17-21(28)13-15-26(20,4)25(22)14-16-27(23,24)5/h16-18,20-23,25,28H,6-15H2,1-5H3;9,18-19,21-25,28H,6-8,10-17H2,1-5H3/t18-,20+,21-,22+,23+,25+,26+,27-;19-,21+,22+,23-,24+,25+,26+,27-/m11/s1. The van der Waals surface area contributed by atoms with Gasteiger partial charge in [0.25, 0.3) is 0 Å². The highest BCUT2D eigenvalue weighted by Gasteiger charge is 2.62. The van der Waals surface area contributed by atoms with Gasteiger partial charge in [-0.25, -0.2) is 0 Å². The summed E-state index contributed by atoms with van der Waals surface area (Å²) < 4.78 is 0. The molecular formula is C54H90O3. The van der Waals surface area contributed by atoms with Gasteiger partial charge in [0.15, 0.2) is 5.78 Å². The number of aliphatic hydroxyl groups is 2. The minimum atomic E-state index is -0.241. The number of carbonyl (C=O) groups excluding carboxylic acids is 1. The maximum Gasteiger partial charge on any atom is 0.159 e. The largest absolute Gasteiger partial charge is 0.393 e. The molecule has 0 bridgehead atoms. The first-order valence-electron chi connectivity index (χ1n) is 25.2. The molecule has 0 heterocycles. The SMILES string of the molecule is CC(C)CCC[C@@H](C)[C@H]1CC[C@H]2[C@@H]3C(=O)C=C4C[C@@H](O)CC[C@]4(C)[C@H]3CC[C@]12C.CC(C)CCC[C@@H](C)[C@H]1CC[C@H]2[C@@H]3CC=C4C[C@@H](O)CC[C@]4(C)[C@H]3CC[C@]12C. The van der Waals surface area contributed by atoms with Crippen LogP contribution in [0.25, 0.3) is 0 Å². The Morgan fingerprint density at radius 3 is 1.63 bits per heavy atom. The maximum absolute atomic E-state index is 13.4. The summed E-state index contributed by atoms with van der Waals surface area (Å²) in [5.74, 6) is 9.57. The predicted octanol–water partition coefficient (Wildman–Crippen LogP) is 14.0. The number of hydrogen-bond donors (Lipinski definition) is 2. The summed E-state index contributed by atoms with van der Waals surface area (Å²) in [7, 11) is 0. The van der Waals surface area contributed by atoms with Gasteiger partial charge in [-0.2, -0.15) is 0 Å². The number of hydrogen-bond acceptors (Lipinski definition) is 3. The Morgan fingerprint density at radius 1 is 0.579 bits per heavy atom. The van der Waals surface area contributed by atoms with Gasteiger partial charge in [-0.05, 0) is 189 Å². The average Bonchev–Trinajstić information content (AvgIpc) is 3.69. The molecule has 2 N–H and O–H groups in total. The van der Waals surface area contributed by atoms with Crippen molar-refractivity contribution in [2.45, 2.75) is 216 Å². The summed E-state index contributed by atoms with van der Waals surface area (Å²) in [6.07, 6.45) is 30.8. The molecule has 0 aromatic heterocycles. The number of ketones is 1. The topological polar surface area (TPSA) is 57.5 Å². The van der Waals surface area contributed by atoms with E-state index in [0.29, 0.717) is 33.9 Å². The molecule has 0 unspecified atom stereocenters. The fourth-order valence-electron chi connectivity index (χ4n) is 17.1. The van der Waals surface area contributed by atoms with E-state index in [1.165, 1.54) is 108 Å². The molecule has 6 saturated carbocycles. The predicted molar refractivity (Wildman–Crippen MR) is 238 cm³/mol. The van der Waals surface area contributed by atoms with Crippen LogP contribution >= 0.6 is 0 Å². The van der Waals surface area contributed by atoms with Gasteiger partial charge in [-0.3, -0.25) is 4.79 Å². The first-order chi connectivity index (χ1) is 26.9. The molecule has 0 radical (unpaired) electrons. The van der Waals surface area contributed by atoms with Gasteiger partial charge in [-0.1, -0.05) is 125 Å². The Balaban J connectivity index is 0.000000174. The minimum Gasteiger partial charge on any atom is -0.393 e. The molecule has 0 amide bonds. The highest BCUT2D eigenvalue weighted by molar-refractivity contribution is 5.94. The third-order valence-electron chi connectivity index (χ3n) is 20.4. The summed E-state index contributed by atoms with van der Waals surface area (Å²) in [5.41, 5.74) is 4.37. The van der Waals surface area contributed by atoms with Crippen LogP contribution in [0.4, 0.5) is 0 Å². The fraction of sp³-hybridized carbons (Fsp3) is 0.907. The molecule has 0 aliphatic heterocycles. The molecule has 0 spiro atoms. The third-order valence-corrected chi connectivity index (χ3v) is 20.4. The highest BCUT2D eigenvalue weighted by atomic mass is 16.3. The van der Waals surface area contributed by atoms with E-state index in [9.17, 15) is 15.0 Å². The average molecular weight is 787 g/mol. The molecule has 0 aromatic rings. The van der Waals surface area contributed by atoms with Crippen LogP contribution in [0.3, 0.4) is 0 Å². The van der Waals surface area contributed by atoms with Crippen molar-refractivity contribution in [2.24, 2.45) is 92.7 Å². The van der Waals surface area contributed by atoms with E-state index in [-0.39, 0.29) is 23.5 Å². The zero-order chi connectivity index (χ0) is 41.1. The van der Waals surface area contributed by atoms with Crippen molar-refractivity contribution in [1.82, 2.24) is 0 Å². The van der Waals surface area contributed by atoms with E-state index in [4.69, 9.17) is 0 Å². The molecule has 6 fully saturated rings. The second-order valence-corrected chi connectivity index (χ2v) is 24.3. The monoisotopic (exact) mass is 787 g/mol. The maximum atomic E-state index is 13.4. The normalized spacial score (nSPS) is 46.0. The molecule has 8 aliphatic carbocycles. The second-order valence-electron chi connectivity index (χ2n) is 24.3. The zero-order valence-corrected chi connectivity index (χ0v) is 38.9. The number of fused-ring (bicyclic) bond motifs is 10. The lowest BCUT2D eigenvalue weighted by Gasteiger charge is -2.58. The lowest BCUT2D eigenvalue weighted by molar-refractivity contribution is -0.135. The van der Waals surface area contributed by atoms with Crippen molar-refractivity contribution >= 4 is 5.78 Å².